The van der Waals surface area contributed by atoms with Gasteiger partial charge in [-0.2, -0.15) is 0 Å². The van der Waals surface area contributed by atoms with Crippen LogP contribution >= 0.6 is 0 Å². The Labute approximate surface area is 171 Å². The predicted octanol–water partition coefficient (Wildman–Crippen LogP) is 2.05. The van der Waals surface area contributed by atoms with Crippen molar-refractivity contribution in [3.63, 3.8) is 0 Å². The summed E-state index contributed by atoms with van der Waals surface area (Å²) >= 11 is 0. The first-order chi connectivity index (χ1) is 13.7. The monoisotopic (exact) mass is 422 g/mol. The summed E-state index contributed by atoms with van der Waals surface area (Å²) in [6, 6.07) is 13.6. The van der Waals surface area contributed by atoms with E-state index >= 15 is 0 Å². The second-order valence-corrected chi connectivity index (χ2v) is 8.31. The highest BCUT2D eigenvalue weighted by atomic mass is 32.2. The van der Waals surface area contributed by atoms with Crippen LogP contribution in [0, 0.1) is 0 Å². The Morgan fingerprint density at radius 3 is 2.14 bits per heavy atom. The van der Waals surface area contributed by atoms with Crippen LogP contribution in [0.4, 0.5) is 5.69 Å². The summed E-state index contributed by atoms with van der Waals surface area (Å²) in [6.45, 7) is 2.28. The van der Waals surface area contributed by atoms with Crippen LogP contribution in [0.2, 0.25) is 0 Å². The minimum absolute atomic E-state index is 0.277. The molecule has 0 aromatic heterocycles. The third-order valence-electron chi connectivity index (χ3n) is 4.11. The number of amides is 1. The molecule has 1 amide bonds. The van der Waals surface area contributed by atoms with Crippen molar-refractivity contribution in [1.82, 2.24) is 5.32 Å². The van der Waals surface area contributed by atoms with E-state index in [1.807, 2.05) is 0 Å². The van der Waals surface area contributed by atoms with Crippen molar-refractivity contribution >= 4 is 21.6 Å². The first kappa shape index (κ1) is 22.4. The molecule has 0 spiro atoms. The highest BCUT2D eigenvalue weighted by Gasteiger charge is 2.15. The summed E-state index contributed by atoms with van der Waals surface area (Å²) < 4.78 is 40.5. The second-order valence-electron chi connectivity index (χ2n) is 6.30. The molecule has 1 atom stereocenters. The van der Waals surface area contributed by atoms with E-state index in [9.17, 15) is 13.2 Å². The van der Waals surface area contributed by atoms with Crippen molar-refractivity contribution in [3.05, 3.63) is 48.5 Å². The summed E-state index contributed by atoms with van der Waals surface area (Å²) in [4.78, 5) is 12.2. The number of rotatable bonds is 10. The normalized spacial score (nSPS) is 12.0. The Morgan fingerprint density at radius 1 is 1.03 bits per heavy atom. The third kappa shape index (κ3) is 6.86. The summed E-state index contributed by atoms with van der Waals surface area (Å²) in [7, 11) is -0.270. The second kappa shape index (κ2) is 10.0. The zero-order chi connectivity index (χ0) is 21.4. The predicted molar refractivity (Wildman–Crippen MR) is 111 cm³/mol. The van der Waals surface area contributed by atoms with Gasteiger partial charge in [-0.05, 0) is 55.5 Å². The van der Waals surface area contributed by atoms with Gasteiger partial charge in [-0.25, -0.2) is 8.42 Å². The van der Waals surface area contributed by atoms with Gasteiger partial charge in [-0.1, -0.05) is 0 Å². The van der Waals surface area contributed by atoms with Crippen LogP contribution < -0.4 is 23.8 Å². The van der Waals surface area contributed by atoms with Crippen LogP contribution in [-0.2, 0) is 14.8 Å². The Hall–Kier alpha value is -2.94. The number of hydrogen-bond acceptors (Lipinski definition) is 6. The zero-order valence-corrected chi connectivity index (χ0v) is 17.7. The molecule has 0 radical (unpaired) electrons. The number of carbonyl (C=O) groups is 1. The largest absolute Gasteiger partial charge is 0.497 e. The van der Waals surface area contributed by atoms with Crippen molar-refractivity contribution in [2.24, 2.45) is 0 Å². The van der Waals surface area contributed by atoms with Crippen molar-refractivity contribution in [2.75, 3.05) is 37.9 Å². The molecule has 0 aliphatic carbocycles. The fraction of sp³-hybridized carbons (Fsp3) is 0.350. The average molecular weight is 423 g/mol. The van der Waals surface area contributed by atoms with Gasteiger partial charge in [0.1, 0.15) is 23.9 Å². The number of carbonyl (C=O) groups excluding carboxylic acids is 1. The van der Waals surface area contributed by atoms with Gasteiger partial charge in [0, 0.05) is 7.05 Å². The number of nitrogens with one attached hydrogen (secondary N) is 1. The number of benzene rings is 2. The van der Waals surface area contributed by atoms with Crippen molar-refractivity contribution in [2.45, 2.75) is 13.0 Å². The fourth-order valence-corrected chi connectivity index (χ4v) is 2.85. The van der Waals surface area contributed by atoms with Gasteiger partial charge >= 0.3 is 0 Å². The molecule has 0 saturated carbocycles. The van der Waals surface area contributed by atoms with Crippen LogP contribution in [0.3, 0.4) is 0 Å². The Kier molecular flexibility index (Phi) is 7.72. The molecule has 0 aliphatic rings. The van der Waals surface area contributed by atoms with Crippen LogP contribution in [0.1, 0.15) is 6.92 Å². The number of nitrogens with zero attached hydrogens (tertiary/aromatic N) is 1. The lowest BCUT2D eigenvalue weighted by Gasteiger charge is -2.18. The van der Waals surface area contributed by atoms with E-state index in [2.05, 4.69) is 5.32 Å². The highest BCUT2D eigenvalue weighted by Crippen LogP contribution is 2.21. The molecule has 0 bridgehead atoms. The topological polar surface area (TPSA) is 94.2 Å². The van der Waals surface area contributed by atoms with Gasteiger partial charge in [-0.15, -0.1) is 0 Å². The van der Waals surface area contributed by atoms with Gasteiger partial charge in [0.05, 0.1) is 25.6 Å². The van der Waals surface area contributed by atoms with Crippen LogP contribution in [0.5, 0.6) is 17.2 Å². The van der Waals surface area contributed by atoms with Crippen LogP contribution in [0.15, 0.2) is 48.5 Å². The molecule has 158 valence electrons. The van der Waals surface area contributed by atoms with E-state index in [-0.39, 0.29) is 5.91 Å². The Bertz CT molecular complexity index is 898. The number of methoxy groups -OCH3 is 1. The molecule has 9 heteroatoms. The SMILES string of the molecule is COc1ccc(OCCNC(=O)[C@H](C)Oc2ccc(N(C)S(C)(=O)=O)cc2)cc1. The smallest absolute Gasteiger partial charge is 0.260 e. The van der Waals surface area contributed by atoms with E-state index in [4.69, 9.17) is 14.2 Å². The van der Waals surface area contributed by atoms with E-state index in [1.165, 1.54) is 7.05 Å². The first-order valence-electron chi connectivity index (χ1n) is 8.96. The molecule has 2 aromatic carbocycles. The lowest BCUT2D eigenvalue weighted by molar-refractivity contribution is -0.127. The van der Waals surface area contributed by atoms with E-state index in [1.54, 1.807) is 62.6 Å². The van der Waals surface area contributed by atoms with Gasteiger partial charge < -0.3 is 19.5 Å². The zero-order valence-electron chi connectivity index (χ0n) is 16.9. The maximum Gasteiger partial charge on any atom is 0.260 e. The molecule has 0 fully saturated rings. The van der Waals surface area contributed by atoms with Crippen LogP contribution in [0.25, 0.3) is 0 Å². The molecule has 29 heavy (non-hydrogen) atoms. The fourth-order valence-electron chi connectivity index (χ4n) is 2.34. The lowest BCUT2D eigenvalue weighted by atomic mass is 10.3. The van der Waals surface area contributed by atoms with Gasteiger partial charge in [0.2, 0.25) is 10.0 Å². The summed E-state index contributed by atoms with van der Waals surface area (Å²) in [5, 5.41) is 2.74. The molecule has 1 N–H and O–H groups in total. The third-order valence-corrected chi connectivity index (χ3v) is 5.32. The minimum Gasteiger partial charge on any atom is -0.497 e. The summed E-state index contributed by atoms with van der Waals surface area (Å²) in [5.74, 6) is 1.62. The molecular weight excluding hydrogens is 396 g/mol. The van der Waals surface area contributed by atoms with E-state index < -0.39 is 16.1 Å². The van der Waals surface area contributed by atoms with Crippen molar-refractivity contribution < 1.29 is 27.4 Å². The Balaban J connectivity index is 1.76. The quantitative estimate of drug-likeness (QED) is 0.589. The molecular formula is C20H26N2O6S. The summed E-state index contributed by atoms with van der Waals surface area (Å²) in [6.07, 6.45) is 0.414. The molecule has 0 heterocycles. The number of hydrogen-bond donors (Lipinski definition) is 1. The highest BCUT2D eigenvalue weighted by molar-refractivity contribution is 7.92. The molecule has 8 nitrogen and oxygen atoms in total. The van der Waals surface area contributed by atoms with Crippen LogP contribution in [-0.4, -0.2) is 54.0 Å². The number of anilines is 1. The average Bonchev–Trinajstić information content (AvgIpc) is 2.70. The maximum absolute atomic E-state index is 12.2. The van der Waals surface area contributed by atoms with E-state index in [0.29, 0.717) is 30.3 Å². The standard InChI is InChI=1S/C20H26N2O6S/c1-15(28-19-7-5-16(6-8-19)22(2)29(4,24)25)20(23)21-13-14-27-18-11-9-17(26-3)10-12-18/h5-12,15H,13-14H2,1-4H3,(H,21,23)/t15-/m0/s1. The van der Waals surface area contributed by atoms with Gasteiger partial charge in [0.15, 0.2) is 6.10 Å². The number of ether oxygens (including phenoxy) is 3. The maximum atomic E-state index is 12.2. The molecule has 0 aliphatic heterocycles. The summed E-state index contributed by atoms with van der Waals surface area (Å²) in [5.41, 5.74) is 0.507. The van der Waals surface area contributed by atoms with E-state index in [0.717, 1.165) is 16.3 Å². The minimum atomic E-state index is -3.33. The lowest BCUT2D eigenvalue weighted by Crippen LogP contribution is -2.38. The molecule has 0 saturated heterocycles. The number of sulfonamides is 1. The molecule has 2 aromatic rings. The van der Waals surface area contributed by atoms with Gasteiger partial charge in [0.25, 0.3) is 5.91 Å². The molecule has 0 unspecified atom stereocenters. The Morgan fingerprint density at radius 2 is 1.59 bits per heavy atom. The molecule has 2 rings (SSSR count). The van der Waals surface area contributed by atoms with Crippen molar-refractivity contribution in [1.29, 1.82) is 0 Å². The van der Waals surface area contributed by atoms with Gasteiger partial charge in [-0.3, -0.25) is 9.10 Å². The first-order valence-corrected chi connectivity index (χ1v) is 10.8. The van der Waals surface area contributed by atoms with Crippen molar-refractivity contribution in [3.8, 4) is 17.2 Å².